The van der Waals surface area contributed by atoms with Crippen LogP contribution < -0.4 is 4.90 Å². The Morgan fingerprint density at radius 3 is 2.71 bits per heavy atom. The summed E-state index contributed by atoms with van der Waals surface area (Å²) in [7, 11) is 1.65. The summed E-state index contributed by atoms with van der Waals surface area (Å²) in [6, 6.07) is 3.32. The third-order valence-corrected chi connectivity index (χ3v) is 2.57. The number of aromatic carboxylic acids is 1. The van der Waals surface area contributed by atoms with Gasteiger partial charge in [0.2, 0.25) is 0 Å². The van der Waals surface area contributed by atoms with E-state index in [1.807, 2.05) is 11.8 Å². The lowest BCUT2D eigenvalue weighted by Gasteiger charge is -2.22. The number of nitrogens with zero attached hydrogens (tertiary/aromatic N) is 2. The molecule has 0 unspecified atom stereocenters. The van der Waals surface area contributed by atoms with Crippen molar-refractivity contribution in [3.8, 4) is 0 Å². The average molecular weight is 238 g/mol. The summed E-state index contributed by atoms with van der Waals surface area (Å²) < 4.78 is 5.02. The van der Waals surface area contributed by atoms with Crippen LogP contribution >= 0.6 is 0 Å². The van der Waals surface area contributed by atoms with Gasteiger partial charge in [-0.15, -0.1) is 0 Å². The van der Waals surface area contributed by atoms with Crippen molar-refractivity contribution in [3.05, 3.63) is 23.4 Å². The molecule has 0 aliphatic carbocycles. The Morgan fingerprint density at radius 2 is 2.24 bits per heavy atom. The molecule has 1 N–H and O–H groups in total. The SMILES string of the molecule is CCN(CCOC)c1ccc(C(=O)O)c(C)n1. The van der Waals surface area contributed by atoms with Crippen LogP contribution in [0.1, 0.15) is 23.0 Å². The fraction of sp³-hybridized carbons (Fsp3) is 0.500. The number of pyridine rings is 1. The number of carboxylic acids is 1. The minimum Gasteiger partial charge on any atom is -0.478 e. The van der Waals surface area contributed by atoms with Crippen LogP contribution in [0.15, 0.2) is 12.1 Å². The minimum absolute atomic E-state index is 0.247. The summed E-state index contributed by atoms with van der Waals surface area (Å²) in [4.78, 5) is 17.2. The van der Waals surface area contributed by atoms with Crippen molar-refractivity contribution in [2.75, 3.05) is 31.7 Å². The predicted molar refractivity (Wildman–Crippen MR) is 65.7 cm³/mol. The molecule has 1 aromatic heterocycles. The van der Waals surface area contributed by atoms with Gasteiger partial charge in [0.15, 0.2) is 0 Å². The monoisotopic (exact) mass is 238 g/mol. The molecule has 0 saturated heterocycles. The maximum Gasteiger partial charge on any atom is 0.337 e. The van der Waals surface area contributed by atoms with E-state index in [-0.39, 0.29) is 5.56 Å². The molecule has 1 heterocycles. The van der Waals surface area contributed by atoms with Gasteiger partial charge in [-0.2, -0.15) is 0 Å². The van der Waals surface area contributed by atoms with E-state index < -0.39 is 5.97 Å². The maximum atomic E-state index is 10.9. The lowest BCUT2D eigenvalue weighted by Crippen LogP contribution is -2.28. The fourth-order valence-electron chi connectivity index (χ4n) is 1.59. The molecule has 0 atom stereocenters. The van der Waals surface area contributed by atoms with Gasteiger partial charge < -0.3 is 14.7 Å². The topological polar surface area (TPSA) is 62.7 Å². The number of carbonyl (C=O) groups is 1. The first-order valence-corrected chi connectivity index (χ1v) is 5.55. The van der Waals surface area contributed by atoms with Crippen molar-refractivity contribution in [1.29, 1.82) is 0 Å². The zero-order chi connectivity index (χ0) is 12.8. The highest BCUT2D eigenvalue weighted by atomic mass is 16.5. The van der Waals surface area contributed by atoms with Gasteiger partial charge in [0.05, 0.1) is 17.9 Å². The normalized spacial score (nSPS) is 10.3. The number of aromatic nitrogens is 1. The van der Waals surface area contributed by atoms with Crippen molar-refractivity contribution < 1.29 is 14.6 Å². The minimum atomic E-state index is -0.943. The van der Waals surface area contributed by atoms with Gasteiger partial charge >= 0.3 is 5.97 Å². The highest BCUT2D eigenvalue weighted by Crippen LogP contribution is 2.14. The molecule has 94 valence electrons. The molecule has 0 bridgehead atoms. The van der Waals surface area contributed by atoms with Crippen LogP contribution in [0.4, 0.5) is 5.82 Å². The van der Waals surface area contributed by atoms with Crippen LogP contribution in [0.3, 0.4) is 0 Å². The van der Waals surface area contributed by atoms with E-state index in [9.17, 15) is 4.79 Å². The molecule has 0 radical (unpaired) electrons. The smallest absolute Gasteiger partial charge is 0.337 e. The van der Waals surface area contributed by atoms with E-state index in [2.05, 4.69) is 4.98 Å². The molecule has 17 heavy (non-hydrogen) atoms. The van der Waals surface area contributed by atoms with Crippen molar-refractivity contribution >= 4 is 11.8 Å². The van der Waals surface area contributed by atoms with Crippen LogP contribution in [0.25, 0.3) is 0 Å². The molecule has 5 nitrogen and oxygen atoms in total. The third kappa shape index (κ3) is 3.42. The molecule has 0 spiro atoms. The van der Waals surface area contributed by atoms with Gasteiger partial charge in [-0.3, -0.25) is 0 Å². The van der Waals surface area contributed by atoms with Gasteiger partial charge in [-0.25, -0.2) is 9.78 Å². The summed E-state index contributed by atoms with van der Waals surface area (Å²) in [5.41, 5.74) is 0.780. The summed E-state index contributed by atoms with van der Waals surface area (Å²) in [6.07, 6.45) is 0. The molecular formula is C12H18N2O3. The summed E-state index contributed by atoms with van der Waals surface area (Å²) in [6.45, 7) is 5.90. The van der Waals surface area contributed by atoms with E-state index in [1.54, 1.807) is 26.2 Å². The number of ether oxygens (including phenoxy) is 1. The van der Waals surface area contributed by atoms with Gasteiger partial charge in [0, 0.05) is 20.2 Å². The summed E-state index contributed by atoms with van der Waals surface area (Å²) in [5, 5.41) is 8.92. The van der Waals surface area contributed by atoms with Gasteiger partial charge in [-0.05, 0) is 26.0 Å². The molecule has 0 aromatic carbocycles. The molecule has 5 heteroatoms. The van der Waals surface area contributed by atoms with Gasteiger partial charge in [0.25, 0.3) is 0 Å². The molecule has 0 saturated carbocycles. The predicted octanol–water partition coefficient (Wildman–Crippen LogP) is 1.56. The Bertz CT molecular complexity index is 393. The van der Waals surface area contributed by atoms with E-state index in [1.165, 1.54) is 0 Å². The van der Waals surface area contributed by atoms with Crippen LogP contribution in [-0.2, 0) is 4.74 Å². The lowest BCUT2D eigenvalue weighted by molar-refractivity contribution is 0.0695. The lowest BCUT2D eigenvalue weighted by atomic mass is 10.2. The van der Waals surface area contributed by atoms with Crippen molar-refractivity contribution in [3.63, 3.8) is 0 Å². The molecule has 0 fully saturated rings. The van der Waals surface area contributed by atoms with Crippen LogP contribution in [0, 0.1) is 6.92 Å². The maximum absolute atomic E-state index is 10.9. The average Bonchev–Trinajstić information content (AvgIpc) is 2.29. The van der Waals surface area contributed by atoms with Crippen LogP contribution in [-0.4, -0.2) is 42.9 Å². The Morgan fingerprint density at radius 1 is 1.53 bits per heavy atom. The highest BCUT2D eigenvalue weighted by molar-refractivity contribution is 5.89. The largest absolute Gasteiger partial charge is 0.478 e. The first-order chi connectivity index (χ1) is 8.10. The van der Waals surface area contributed by atoms with E-state index in [4.69, 9.17) is 9.84 Å². The summed E-state index contributed by atoms with van der Waals surface area (Å²) in [5.74, 6) is -0.159. The number of carboxylic acid groups (broad SMARTS) is 1. The molecule has 1 aromatic rings. The summed E-state index contributed by atoms with van der Waals surface area (Å²) >= 11 is 0. The van der Waals surface area contributed by atoms with Crippen LogP contribution in [0.2, 0.25) is 0 Å². The Labute approximate surface area is 101 Å². The number of hydrogen-bond donors (Lipinski definition) is 1. The molecule has 0 aliphatic heterocycles. The number of anilines is 1. The van der Waals surface area contributed by atoms with Crippen LogP contribution in [0.5, 0.6) is 0 Å². The number of likely N-dealkylation sites (N-methyl/N-ethyl adjacent to an activating group) is 1. The molecular weight excluding hydrogens is 220 g/mol. The van der Waals surface area contributed by atoms with Crippen molar-refractivity contribution in [2.45, 2.75) is 13.8 Å². The van der Waals surface area contributed by atoms with Crippen molar-refractivity contribution in [2.24, 2.45) is 0 Å². The zero-order valence-corrected chi connectivity index (χ0v) is 10.4. The Kier molecular flexibility index (Phi) is 4.90. The van der Waals surface area contributed by atoms with E-state index in [0.717, 1.165) is 18.9 Å². The number of methoxy groups -OCH3 is 1. The zero-order valence-electron chi connectivity index (χ0n) is 10.4. The van der Waals surface area contributed by atoms with Crippen molar-refractivity contribution in [1.82, 2.24) is 4.98 Å². The second-order valence-electron chi connectivity index (χ2n) is 3.68. The first-order valence-electron chi connectivity index (χ1n) is 5.55. The highest BCUT2D eigenvalue weighted by Gasteiger charge is 2.11. The number of hydrogen-bond acceptors (Lipinski definition) is 4. The second kappa shape index (κ2) is 6.20. The van der Waals surface area contributed by atoms with Gasteiger partial charge in [0.1, 0.15) is 5.82 Å². The quantitative estimate of drug-likeness (QED) is 0.814. The first kappa shape index (κ1) is 13.4. The Balaban J connectivity index is 2.90. The molecule has 0 amide bonds. The van der Waals surface area contributed by atoms with Gasteiger partial charge in [-0.1, -0.05) is 0 Å². The second-order valence-corrected chi connectivity index (χ2v) is 3.68. The van der Waals surface area contributed by atoms with E-state index in [0.29, 0.717) is 12.3 Å². The fourth-order valence-corrected chi connectivity index (χ4v) is 1.59. The third-order valence-electron chi connectivity index (χ3n) is 2.57. The number of aryl methyl sites for hydroxylation is 1. The molecule has 1 rings (SSSR count). The number of rotatable bonds is 6. The molecule has 0 aliphatic rings. The standard InChI is InChI=1S/C12H18N2O3/c1-4-14(7-8-17-3)11-6-5-10(12(15)16)9(2)13-11/h5-6H,4,7-8H2,1-3H3,(H,15,16). The van der Waals surface area contributed by atoms with E-state index >= 15 is 0 Å². The Hall–Kier alpha value is -1.62.